The summed E-state index contributed by atoms with van der Waals surface area (Å²) in [4.78, 5) is 18.2. The Labute approximate surface area is 129 Å². The third kappa shape index (κ3) is 2.47. The van der Waals surface area contributed by atoms with Crippen molar-refractivity contribution in [3.05, 3.63) is 23.2 Å². The van der Waals surface area contributed by atoms with E-state index >= 15 is 0 Å². The van der Waals surface area contributed by atoms with Crippen LogP contribution in [0.2, 0.25) is 0 Å². The third-order valence-electron chi connectivity index (χ3n) is 3.87. The number of aromatic nitrogens is 3. The van der Waals surface area contributed by atoms with E-state index in [-0.39, 0.29) is 6.03 Å². The number of hydrogen-bond donors (Lipinski definition) is 1. The van der Waals surface area contributed by atoms with Crippen LogP contribution in [0.3, 0.4) is 0 Å². The van der Waals surface area contributed by atoms with Crippen LogP contribution in [0, 0.1) is 6.92 Å². The number of carbonyl (C=O) groups is 1. The maximum Gasteiger partial charge on any atom is 0.317 e. The lowest BCUT2D eigenvalue weighted by Crippen LogP contribution is -2.42. The van der Waals surface area contributed by atoms with Crippen LogP contribution in [-0.4, -0.2) is 38.8 Å². The van der Waals surface area contributed by atoms with Crippen LogP contribution in [0.1, 0.15) is 30.9 Å². The van der Waals surface area contributed by atoms with Crippen molar-refractivity contribution in [2.75, 3.05) is 13.1 Å². The van der Waals surface area contributed by atoms with Crippen LogP contribution in [-0.2, 0) is 19.5 Å². The number of fused-ring (bicyclic) bond motifs is 1. The molecule has 0 aliphatic carbocycles. The number of amides is 2. The molecule has 2 aromatic heterocycles. The summed E-state index contributed by atoms with van der Waals surface area (Å²) in [6, 6.07) is -0.0352. The highest BCUT2D eigenvalue weighted by Gasteiger charge is 2.29. The highest BCUT2D eigenvalue weighted by Crippen LogP contribution is 2.29. The molecular weight excluding hydrogens is 282 g/mol. The molecule has 0 atom stereocenters. The van der Waals surface area contributed by atoms with Crippen LogP contribution >= 0.6 is 0 Å². The summed E-state index contributed by atoms with van der Waals surface area (Å²) in [5.74, 6) is 1.28. The molecule has 0 aromatic carbocycles. The van der Waals surface area contributed by atoms with Crippen molar-refractivity contribution in [1.29, 1.82) is 0 Å². The number of rotatable bonds is 3. The van der Waals surface area contributed by atoms with Crippen molar-refractivity contribution >= 4 is 6.03 Å². The first-order chi connectivity index (χ1) is 10.6. The highest BCUT2D eigenvalue weighted by molar-refractivity contribution is 5.75. The first kappa shape index (κ1) is 14.6. The molecule has 0 bridgehead atoms. The summed E-state index contributed by atoms with van der Waals surface area (Å²) in [5, 5.41) is 7.49. The van der Waals surface area contributed by atoms with Gasteiger partial charge in [0.1, 0.15) is 5.76 Å². The lowest BCUT2D eigenvalue weighted by molar-refractivity contribution is 0.192. The molecule has 0 spiro atoms. The number of nitrogens with zero attached hydrogens (tertiary/aromatic N) is 4. The monoisotopic (exact) mass is 303 g/mol. The Morgan fingerprint density at radius 3 is 2.91 bits per heavy atom. The van der Waals surface area contributed by atoms with E-state index in [2.05, 4.69) is 22.3 Å². The van der Waals surface area contributed by atoms with E-state index in [1.165, 1.54) is 5.69 Å². The van der Waals surface area contributed by atoms with Crippen LogP contribution < -0.4 is 5.32 Å². The first-order valence-corrected chi connectivity index (χ1v) is 7.68. The molecule has 3 heterocycles. The maximum atomic E-state index is 12.1. The molecular formula is C15H21N5O2. The van der Waals surface area contributed by atoms with Crippen molar-refractivity contribution in [2.24, 2.45) is 0 Å². The van der Waals surface area contributed by atoms with Crippen molar-refractivity contribution in [3.63, 3.8) is 0 Å². The van der Waals surface area contributed by atoms with Gasteiger partial charge in [0.25, 0.3) is 0 Å². The van der Waals surface area contributed by atoms with Crippen molar-refractivity contribution < 1.29 is 9.21 Å². The largest absolute Gasteiger partial charge is 0.440 e. The molecule has 0 saturated heterocycles. The smallest absolute Gasteiger partial charge is 0.317 e. The molecule has 0 radical (unpaired) electrons. The van der Waals surface area contributed by atoms with Crippen LogP contribution in [0.15, 0.2) is 10.6 Å². The number of urea groups is 1. The maximum absolute atomic E-state index is 12.1. The number of aryl methyl sites for hydroxylation is 2. The Hall–Kier alpha value is -2.31. The minimum absolute atomic E-state index is 0.0352. The Morgan fingerprint density at radius 2 is 2.27 bits per heavy atom. The lowest BCUT2D eigenvalue weighted by atomic mass is 10.1. The SMILES string of the molecule is CCNC(=O)N1CCc2c(c(-c3ncc(C)o3)nn2CC)C1. The van der Waals surface area contributed by atoms with Crippen molar-refractivity contribution in [2.45, 2.75) is 40.3 Å². The topological polar surface area (TPSA) is 76.2 Å². The van der Waals surface area contributed by atoms with Crippen LogP contribution in [0.25, 0.3) is 11.6 Å². The van der Waals surface area contributed by atoms with Gasteiger partial charge in [0.05, 0.1) is 12.7 Å². The van der Waals surface area contributed by atoms with Crippen LogP contribution in [0.4, 0.5) is 4.79 Å². The second-order valence-corrected chi connectivity index (χ2v) is 5.37. The second kappa shape index (κ2) is 5.82. The molecule has 0 unspecified atom stereocenters. The molecule has 1 aliphatic rings. The normalized spacial score (nSPS) is 14.0. The van der Waals surface area contributed by atoms with Crippen molar-refractivity contribution in [1.82, 2.24) is 25.0 Å². The zero-order valence-electron chi connectivity index (χ0n) is 13.2. The summed E-state index contributed by atoms with van der Waals surface area (Å²) in [5.41, 5.74) is 2.97. The second-order valence-electron chi connectivity index (χ2n) is 5.37. The van der Waals surface area contributed by atoms with Gasteiger partial charge in [0.15, 0.2) is 5.69 Å². The van der Waals surface area contributed by atoms with Gasteiger partial charge >= 0.3 is 6.03 Å². The lowest BCUT2D eigenvalue weighted by Gasteiger charge is -2.27. The van der Waals surface area contributed by atoms with Gasteiger partial charge in [-0.2, -0.15) is 5.10 Å². The molecule has 7 nitrogen and oxygen atoms in total. The molecule has 0 fully saturated rings. The van der Waals surface area contributed by atoms with E-state index in [9.17, 15) is 4.79 Å². The van der Waals surface area contributed by atoms with E-state index in [4.69, 9.17) is 4.42 Å². The molecule has 1 N–H and O–H groups in total. The minimum atomic E-state index is -0.0352. The van der Waals surface area contributed by atoms with Gasteiger partial charge in [-0.1, -0.05) is 0 Å². The number of nitrogens with one attached hydrogen (secondary N) is 1. The van der Waals surface area contributed by atoms with Gasteiger partial charge in [0.2, 0.25) is 5.89 Å². The Balaban J connectivity index is 1.97. The average molecular weight is 303 g/mol. The van der Waals surface area contributed by atoms with Gasteiger partial charge in [-0.05, 0) is 20.8 Å². The van der Waals surface area contributed by atoms with Crippen molar-refractivity contribution in [3.8, 4) is 11.6 Å². The molecule has 3 rings (SSSR count). The fourth-order valence-electron chi connectivity index (χ4n) is 2.82. The zero-order chi connectivity index (χ0) is 15.7. The molecule has 118 valence electrons. The summed E-state index contributed by atoms with van der Waals surface area (Å²) in [6.07, 6.45) is 2.49. The fraction of sp³-hybridized carbons (Fsp3) is 0.533. The Kier molecular flexibility index (Phi) is 3.87. The predicted octanol–water partition coefficient (Wildman–Crippen LogP) is 1.95. The van der Waals surface area contributed by atoms with Gasteiger partial charge < -0.3 is 14.6 Å². The average Bonchev–Trinajstić information content (AvgIpc) is 3.10. The number of hydrogen-bond acceptors (Lipinski definition) is 4. The molecule has 2 amide bonds. The molecule has 7 heteroatoms. The fourth-order valence-corrected chi connectivity index (χ4v) is 2.82. The Bertz CT molecular complexity index is 688. The zero-order valence-corrected chi connectivity index (χ0v) is 13.2. The highest BCUT2D eigenvalue weighted by atomic mass is 16.4. The number of carbonyl (C=O) groups excluding carboxylic acids is 1. The summed E-state index contributed by atoms with van der Waals surface area (Å²) < 4.78 is 7.62. The summed E-state index contributed by atoms with van der Waals surface area (Å²) in [6.45, 7) is 8.51. The van der Waals surface area contributed by atoms with Gasteiger partial charge in [-0.25, -0.2) is 9.78 Å². The minimum Gasteiger partial charge on any atom is -0.440 e. The van der Waals surface area contributed by atoms with E-state index in [0.717, 1.165) is 30.0 Å². The van der Waals surface area contributed by atoms with E-state index in [1.54, 1.807) is 6.20 Å². The summed E-state index contributed by atoms with van der Waals surface area (Å²) in [7, 11) is 0. The standard InChI is InChI=1S/C15H21N5O2/c1-4-16-15(21)19-7-6-12-11(9-19)13(18-20(12)5-2)14-17-8-10(3)22-14/h8H,4-7,9H2,1-3H3,(H,16,21). The predicted molar refractivity (Wildman–Crippen MR) is 81.3 cm³/mol. The van der Waals surface area contributed by atoms with Gasteiger partial charge in [-0.3, -0.25) is 4.68 Å². The third-order valence-corrected chi connectivity index (χ3v) is 3.87. The van der Waals surface area contributed by atoms with Gasteiger partial charge in [0, 0.05) is 37.3 Å². The van der Waals surface area contributed by atoms with E-state index in [0.29, 0.717) is 25.5 Å². The van der Waals surface area contributed by atoms with E-state index in [1.807, 2.05) is 23.4 Å². The molecule has 1 aliphatic heterocycles. The molecule has 22 heavy (non-hydrogen) atoms. The first-order valence-electron chi connectivity index (χ1n) is 7.68. The summed E-state index contributed by atoms with van der Waals surface area (Å²) >= 11 is 0. The molecule has 0 saturated carbocycles. The van der Waals surface area contributed by atoms with Gasteiger partial charge in [-0.15, -0.1) is 0 Å². The number of oxazole rings is 1. The van der Waals surface area contributed by atoms with E-state index < -0.39 is 0 Å². The Morgan fingerprint density at radius 1 is 1.45 bits per heavy atom. The quantitative estimate of drug-likeness (QED) is 0.940. The van der Waals surface area contributed by atoms with Crippen LogP contribution in [0.5, 0.6) is 0 Å². The molecule has 2 aromatic rings.